The smallest absolute Gasteiger partial charge is 0.305 e. The molecule has 0 aromatic rings. The van der Waals surface area contributed by atoms with Crippen LogP contribution in [0.2, 0.25) is 0 Å². The van der Waals surface area contributed by atoms with Gasteiger partial charge >= 0.3 is 5.97 Å². The molecule has 1 amide bonds. The first-order valence-corrected chi connectivity index (χ1v) is 34.9. The summed E-state index contributed by atoms with van der Waals surface area (Å²) in [7, 11) is 0. The van der Waals surface area contributed by atoms with Crippen LogP contribution in [0.5, 0.6) is 0 Å². The molecule has 6 nitrogen and oxygen atoms in total. The number of unbranched alkanes of at least 4 members (excludes halogenated alkanes) is 46. The fourth-order valence-corrected chi connectivity index (χ4v) is 10.8. The van der Waals surface area contributed by atoms with Crippen molar-refractivity contribution in [1.29, 1.82) is 0 Å². The van der Waals surface area contributed by atoms with Gasteiger partial charge in [0.2, 0.25) is 5.91 Å². The molecular weight excluding hydrogens is 959 g/mol. The Morgan fingerprint density at radius 2 is 0.667 bits per heavy atom. The quantitative estimate of drug-likeness (QED) is 0.0320. The Labute approximate surface area is 486 Å². The summed E-state index contributed by atoms with van der Waals surface area (Å²) in [6.45, 7) is 4.90. The molecule has 0 fully saturated rings. The number of hydrogen-bond acceptors (Lipinski definition) is 5. The number of nitrogens with one attached hydrogen (secondary N) is 1. The Morgan fingerprint density at radius 1 is 0.359 bits per heavy atom. The molecule has 78 heavy (non-hydrogen) atoms. The van der Waals surface area contributed by atoms with Gasteiger partial charge in [-0.1, -0.05) is 326 Å². The highest BCUT2D eigenvalue weighted by atomic mass is 16.5. The van der Waals surface area contributed by atoms with Gasteiger partial charge in [-0.15, -0.1) is 0 Å². The van der Waals surface area contributed by atoms with Crippen molar-refractivity contribution >= 4 is 11.9 Å². The van der Waals surface area contributed by atoms with E-state index < -0.39 is 12.1 Å². The fraction of sp³-hybridized carbons (Fsp3) is 0.861. The first-order chi connectivity index (χ1) is 38.5. The first-order valence-electron chi connectivity index (χ1n) is 34.9. The number of aliphatic hydroxyl groups excluding tert-OH is 2. The number of allylic oxidation sites excluding steroid dienone is 8. The van der Waals surface area contributed by atoms with E-state index in [-0.39, 0.29) is 18.5 Å². The lowest BCUT2D eigenvalue weighted by Crippen LogP contribution is -2.45. The van der Waals surface area contributed by atoms with Crippen molar-refractivity contribution in [2.24, 2.45) is 0 Å². The van der Waals surface area contributed by atoms with Crippen LogP contribution in [0.15, 0.2) is 48.6 Å². The van der Waals surface area contributed by atoms with E-state index in [2.05, 4.69) is 67.8 Å². The van der Waals surface area contributed by atoms with Crippen molar-refractivity contribution in [1.82, 2.24) is 5.32 Å². The number of aliphatic hydroxyl groups is 2. The molecule has 0 heterocycles. The number of carbonyl (C=O) groups excluding carboxylic acids is 2. The zero-order chi connectivity index (χ0) is 56.4. The van der Waals surface area contributed by atoms with Crippen LogP contribution in [0.4, 0.5) is 0 Å². The minimum Gasteiger partial charge on any atom is -0.466 e. The average molecular weight is 1090 g/mol. The van der Waals surface area contributed by atoms with E-state index in [0.717, 1.165) is 57.8 Å². The monoisotopic (exact) mass is 1090 g/mol. The predicted molar refractivity (Wildman–Crippen MR) is 342 cm³/mol. The van der Waals surface area contributed by atoms with Crippen LogP contribution < -0.4 is 5.32 Å². The van der Waals surface area contributed by atoms with E-state index in [1.807, 2.05) is 0 Å². The second-order valence-electron chi connectivity index (χ2n) is 23.9. The summed E-state index contributed by atoms with van der Waals surface area (Å²) >= 11 is 0. The second-order valence-corrected chi connectivity index (χ2v) is 23.9. The van der Waals surface area contributed by atoms with Crippen molar-refractivity contribution in [3.05, 3.63) is 48.6 Å². The Bertz CT molecular complexity index is 1310. The van der Waals surface area contributed by atoms with Gasteiger partial charge in [-0.05, 0) is 83.5 Å². The number of carbonyl (C=O) groups is 2. The summed E-state index contributed by atoms with van der Waals surface area (Å²) in [6.07, 6.45) is 87.3. The van der Waals surface area contributed by atoms with E-state index in [1.54, 1.807) is 0 Å². The largest absolute Gasteiger partial charge is 0.466 e. The zero-order valence-corrected chi connectivity index (χ0v) is 52.4. The molecule has 2 atom stereocenters. The summed E-state index contributed by atoms with van der Waals surface area (Å²) < 4.78 is 5.47. The minimum absolute atomic E-state index is 0.00222. The molecule has 0 saturated carbocycles. The summed E-state index contributed by atoms with van der Waals surface area (Å²) in [6, 6.07) is -0.542. The van der Waals surface area contributed by atoms with Crippen LogP contribution >= 0.6 is 0 Å². The highest BCUT2D eigenvalue weighted by Gasteiger charge is 2.20. The summed E-state index contributed by atoms with van der Waals surface area (Å²) in [5.41, 5.74) is 0. The van der Waals surface area contributed by atoms with Gasteiger partial charge in [0.05, 0.1) is 25.4 Å². The molecule has 0 saturated heterocycles. The maximum Gasteiger partial charge on any atom is 0.305 e. The summed E-state index contributed by atoms with van der Waals surface area (Å²) in [4.78, 5) is 24.6. The standard InChI is InChI=1S/C72H135NO5/c1-3-5-7-9-11-13-15-17-18-34-37-41-44-48-52-56-60-64-70(75)69(68-74)73-71(76)65-61-57-53-49-45-42-38-35-32-30-28-26-24-22-20-19-21-23-25-27-29-31-33-36-39-43-47-51-55-59-63-67-78-72(77)66-62-58-54-50-46-40-16-14-12-10-8-6-4-2/h8,10,14,16,21,23,27,29,69-70,74-75H,3-7,9,11-13,15,17-20,22,24-26,28,30-68H2,1-2H3,(H,73,76)/b10-8-,16-14-,23-21-,29-27-. The van der Waals surface area contributed by atoms with E-state index in [1.165, 1.54) is 283 Å². The van der Waals surface area contributed by atoms with E-state index >= 15 is 0 Å². The molecule has 0 radical (unpaired) electrons. The Balaban J connectivity index is 3.40. The van der Waals surface area contributed by atoms with Gasteiger partial charge in [0, 0.05) is 12.8 Å². The predicted octanol–water partition coefficient (Wildman–Crippen LogP) is 22.5. The average Bonchev–Trinajstić information content (AvgIpc) is 3.44. The lowest BCUT2D eigenvalue weighted by Gasteiger charge is -2.22. The van der Waals surface area contributed by atoms with Gasteiger partial charge in [0.1, 0.15) is 0 Å². The van der Waals surface area contributed by atoms with Gasteiger partial charge in [-0.25, -0.2) is 0 Å². The minimum atomic E-state index is -0.665. The molecule has 0 rings (SSSR count). The van der Waals surface area contributed by atoms with Gasteiger partial charge in [0.15, 0.2) is 0 Å². The maximum atomic E-state index is 12.5. The number of esters is 1. The van der Waals surface area contributed by atoms with Crippen molar-refractivity contribution in [3.8, 4) is 0 Å². The molecule has 0 bridgehead atoms. The third-order valence-corrected chi connectivity index (χ3v) is 16.1. The molecule has 0 aromatic carbocycles. The third kappa shape index (κ3) is 63.0. The van der Waals surface area contributed by atoms with Crippen molar-refractivity contribution < 1.29 is 24.5 Å². The van der Waals surface area contributed by atoms with E-state index in [4.69, 9.17) is 4.74 Å². The van der Waals surface area contributed by atoms with Crippen molar-refractivity contribution in [3.63, 3.8) is 0 Å². The summed E-state index contributed by atoms with van der Waals surface area (Å²) in [5.74, 6) is -0.0339. The maximum absolute atomic E-state index is 12.5. The number of hydrogen-bond donors (Lipinski definition) is 3. The Morgan fingerprint density at radius 3 is 1.03 bits per heavy atom. The lowest BCUT2D eigenvalue weighted by molar-refractivity contribution is -0.143. The zero-order valence-electron chi connectivity index (χ0n) is 52.4. The number of ether oxygens (including phenoxy) is 1. The fourth-order valence-electron chi connectivity index (χ4n) is 10.8. The van der Waals surface area contributed by atoms with Crippen LogP contribution in [0.25, 0.3) is 0 Å². The molecule has 2 unspecified atom stereocenters. The van der Waals surface area contributed by atoms with Gasteiger partial charge in [-0.3, -0.25) is 9.59 Å². The van der Waals surface area contributed by atoms with Crippen LogP contribution in [0, 0.1) is 0 Å². The molecule has 6 heteroatoms. The Hall–Kier alpha value is -2.18. The van der Waals surface area contributed by atoms with Crippen LogP contribution in [-0.2, 0) is 14.3 Å². The topological polar surface area (TPSA) is 95.9 Å². The molecule has 0 aliphatic rings. The van der Waals surface area contributed by atoms with Crippen LogP contribution in [0.1, 0.15) is 373 Å². The van der Waals surface area contributed by atoms with Crippen LogP contribution in [-0.4, -0.2) is 47.4 Å². The number of amides is 1. The molecule has 0 aromatic heterocycles. The van der Waals surface area contributed by atoms with Crippen molar-refractivity contribution in [2.45, 2.75) is 386 Å². The Kier molecular flexibility index (Phi) is 65.4. The van der Waals surface area contributed by atoms with Gasteiger partial charge in [0.25, 0.3) is 0 Å². The first kappa shape index (κ1) is 75.8. The lowest BCUT2D eigenvalue weighted by atomic mass is 10.0. The van der Waals surface area contributed by atoms with E-state index in [0.29, 0.717) is 25.9 Å². The third-order valence-electron chi connectivity index (χ3n) is 16.1. The highest BCUT2D eigenvalue weighted by Crippen LogP contribution is 2.18. The SMILES string of the molecule is CCC/C=C\C/C=C\CCCCCCCC(=O)OCCCCCCCCCCC/C=C\C/C=C\CCCCCCCCCCCCCCCCCC(=O)NC(CO)C(O)CCCCCCCCCCCCCCCCCCC. The summed E-state index contributed by atoms with van der Waals surface area (Å²) in [5, 5.41) is 23.4. The molecule has 3 N–H and O–H groups in total. The molecule has 0 spiro atoms. The molecule has 0 aliphatic carbocycles. The van der Waals surface area contributed by atoms with Crippen LogP contribution in [0.3, 0.4) is 0 Å². The normalized spacial score (nSPS) is 12.8. The van der Waals surface area contributed by atoms with Gasteiger partial charge in [-0.2, -0.15) is 0 Å². The number of rotatable bonds is 65. The van der Waals surface area contributed by atoms with Gasteiger partial charge < -0.3 is 20.3 Å². The van der Waals surface area contributed by atoms with E-state index in [9.17, 15) is 19.8 Å². The highest BCUT2D eigenvalue weighted by molar-refractivity contribution is 5.76. The molecule has 0 aliphatic heterocycles. The van der Waals surface area contributed by atoms with Crippen molar-refractivity contribution in [2.75, 3.05) is 13.2 Å². The molecular formula is C72H135NO5. The molecule has 458 valence electrons. The second kappa shape index (κ2) is 67.3.